The molecule has 2 aromatic carbocycles. The molecule has 19 heavy (non-hydrogen) atoms. The maximum atomic E-state index is 3.20. The Kier molecular flexibility index (Phi) is 4.67. The molecule has 1 nitrogen and oxygen atoms in total. The second-order valence-electron chi connectivity index (χ2n) is 4.99. The Balaban J connectivity index is 2.24. The molecule has 2 aromatic rings. The standard InChI is InChI=1S/C17H21NS/c1-12-5-6-13(2)17(9-12)19-16-8-7-15(11-18-4)14(3)10-16/h5-10,18H,11H2,1-4H3. The first kappa shape index (κ1) is 14.2. The van der Waals surface area contributed by atoms with E-state index < -0.39 is 0 Å². The van der Waals surface area contributed by atoms with Crippen molar-refractivity contribution >= 4 is 11.8 Å². The molecule has 0 atom stereocenters. The van der Waals surface area contributed by atoms with Crippen LogP contribution in [0.5, 0.6) is 0 Å². The summed E-state index contributed by atoms with van der Waals surface area (Å²) in [5, 5.41) is 3.20. The molecule has 0 heterocycles. The number of benzene rings is 2. The molecule has 0 aliphatic heterocycles. The molecule has 100 valence electrons. The molecule has 0 aliphatic carbocycles. The minimum atomic E-state index is 0.931. The Morgan fingerprint density at radius 1 is 0.947 bits per heavy atom. The third-order valence-corrected chi connectivity index (χ3v) is 4.40. The molecule has 0 amide bonds. The molecule has 0 saturated heterocycles. The molecular formula is C17H21NS. The highest BCUT2D eigenvalue weighted by Crippen LogP contribution is 2.32. The molecule has 0 unspecified atom stereocenters. The average molecular weight is 271 g/mol. The lowest BCUT2D eigenvalue weighted by Crippen LogP contribution is -2.06. The zero-order chi connectivity index (χ0) is 13.8. The fraction of sp³-hybridized carbons (Fsp3) is 0.294. The van der Waals surface area contributed by atoms with E-state index in [9.17, 15) is 0 Å². The van der Waals surface area contributed by atoms with Crippen LogP contribution < -0.4 is 5.32 Å². The normalized spacial score (nSPS) is 10.7. The molecule has 0 aliphatic rings. The Morgan fingerprint density at radius 2 is 1.74 bits per heavy atom. The van der Waals surface area contributed by atoms with E-state index in [1.54, 1.807) is 0 Å². The van der Waals surface area contributed by atoms with Crippen LogP contribution in [-0.2, 0) is 6.54 Å². The average Bonchev–Trinajstić information content (AvgIpc) is 2.37. The molecule has 1 N–H and O–H groups in total. The van der Waals surface area contributed by atoms with Crippen molar-refractivity contribution in [2.45, 2.75) is 37.1 Å². The van der Waals surface area contributed by atoms with Crippen molar-refractivity contribution in [1.29, 1.82) is 0 Å². The fourth-order valence-corrected chi connectivity index (χ4v) is 3.16. The van der Waals surface area contributed by atoms with E-state index in [1.165, 1.54) is 32.0 Å². The number of hydrogen-bond donors (Lipinski definition) is 1. The minimum absolute atomic E-state index is 0.931. The summed E-state index contributed by atoms with van der Waals surface area (Å²) >= 11 is 1.85. The van der Waals surface area contributed by atoms with Crippen LogP contribution in [0.1, 0.15) is 22.3 Å². The van der Waals surface area contributed by atoms with E-state index in [0.29, 0.717) is 0 Å². The van der Waals surface area contributed by atoms with Crippen molar-refractivity contribution < 1.29 is 0 Å². The summed E-state index contributed by atoms with van der Waals surface area (Å²) in [4.78, 5) is 2.66. The van der Waals surface area contributed by atoms with E-state index in [2.05, 4.69) is 62.5 Å². The molecule has 0 saturated carbocycles. The predicted molar refractivity (Wildman–Crippen MR) is 84.0 cm³/mol. The maximum absolute atomic E-state index is 3.20. The zero-order valence-electron chi connectivity index (χ0n) is 12.1. The fourth-order valence-electron chi connectivity index (χ4n) is 2.06. The van der Waals surface area contributed by atoms with Crippen molar-refractivity contribution in [3.63, 3.8) is 0 Å². The number of hydrogen-bond acceptors (Lipinski definition) is 2. The molecule has 0 spiro atoms. The SMILES string of the molecule is CNCc1ccc(Sc2cc(C)ccc2C)cc1C. The highest BCUT2D eigenvalue weighted by atomic mass is 32.2. The van der Waals surface area contributed by atoms with Gasteiger partial charge in [0.15, 0.2) is 0 Å². The summed E-state index contributed by atoms with van der Waals surface area (Å²) < 4.78 is 0. The summed E-state index contributed by atoms with van der Waals surface area (Å²) in [5.41, 5.74) is 5.38. The lowest BCUT2D eigenvalue weighted by molar-refractivity contribution is 0.811. The Labute approximate surface area is 120 Å². The van der Waals surface area contributed by atoms with Gasteiger partial charge in [0.05, 0.1) is 0 Å². The van der Waals surface area contributed by atoms with Gasteiger partial charge in [-0.05, 0) is 68.3 Å². The largest absolute Gasteiger partial charge is 0.316 e. The van der Waals surface area contributed by atoms with Crippen LogP contribution in [0.25, 0.3) is 0 Å². The first-order valence-corrected chi connectivity index (χ1v) is 7.41. The number of aryl methyl sites for hydroxylation is 3. The molecule has 0 bridgehead atoms. The van der Waals surface area contributed by atoms with Crippen LogP contribution in [0.4, 0.5) is 0 Å². The van der Waals surface area contributed by atoms with Crippen molar-refractivity contribution in [3.8, 4) is 0 Å². The van der Waals surface area contributed by atoms with Gasteiger partial charge in [0.2, 0.25) is 0 Å². The lowest BCUT2D eigenvalue weighted by Gasteiger charge is -2.10. The summed E-state index contributed by atoms with van der Waals surface area (Å²) in [7, 11) is 1.98. The summed E-state index contributed by atoms with van der Waals surface area (Å²) in [6, 6.07) is 13.3. The van der Waals surface area contributed by atoms with Crippen LogP contribution in [0.2, 0.25) is 0 Å². The zero-order valence-corrected chi connectivity index (χ0v) is 12.9. The van der Waals surface area contributed by atoms with Gasteiger partial charge in [-0.3, -0.25) is 0 Å². The second kappa shape index (κ2) is 6.27. The van der Waals surface area contributed by atoms with Gasteiger partial charge in [0.1, 0.15) is 0 Å². The second-order valence-corrected chi connectivity index (χ2v) is 6.10. The Hall–Kier alpha value is -1.25. The van der Waals surface area contributed by atoms with Crippen LogP contribution >= 0.6 is 11.8 Å². The van der Waals surface area contributed by atoms with E-state index in [-0.39, 0.29) is 0 Å². The van der Waals surface area contributed by atoms with Gasteiger partial charge in [-0.15, -0.1) is 0 Å². The van der Waals surface area contributed by atoms with Crippen LogP contribution in [0, 0.1) is 20.8 Å². The van der Waals surface area contributed by atoms with E-state index >= 15 is 0 Å². The highest BCUT2D eigenvalue weighted by molar-refractivity contribution is 7.99. The highest BCUT2D eigenvalue weighted by Gasteiger charge is 2.04. The van der Waals surface area contributed by atoms with Crippen LogP contribution in [0.15, 0.2) is 46.2 Å². The quantitative estimate of drug-likeness (QED) is 0.879. The van der Waals surface area contributed by atoms with Crippen molar-refractivity contribution in [1.82, 2.24) is 5.32 Å². The maximum Gasteiger partial charge on any atom is 0.0205 e. The van der Waals surface area contributed by atoms with Crippen LogP contribution in [0.3, 0.4) is 0 Å². The lowest BCUT2D eigenvalue weighted by atomic mass is 10.1. The molecule has 2 rings (SSSR count). The number of nitrogens with one attached hydrogen (secondary N) is 1. The summed E-state index contributed by atoms with van der Waals surface area (Å²) in [6.45, 7) is 7.43. The molecule has 2 heteroatoms. The van der Waals surface area contributed by atoms with Crippen LogP contribution in [-0.4, -0.2) is 7.05 Å². The monoisotopic (exact) mass is 271 g/mol. The van der Waals surface area contributed by atoms with Crippen molar-refractivity contribution in [3.05, 3.63) is 58.7 Å². The third kappa shape index (κ3) is 3.62. The molecule has 0 fully saturated rings. The van der Waals surface area contributed by atoms with Gasteiger partial charge in [-0.1, -0.05) is 30.0 Å². The Morgan fingerprint density at radius 3 is 2.42 bits per heavy atom. The van der Waals surface area contributed by atoms with Gasteiger partial charge in [-0.2, -0.15) is 0 Å². The number of rotatable bonds is 4. The van der Waals surface area contributed by atoms with Gasteiger partial charge in [-0.25, -0.2) is 0 Å². The molecule has 0 radical (unpaired) electrons. The first-order valence-electron chi connectivity index (χ1n) is 6.59. The van der Waals surface area contributed by atoms with Gasteiger partial charge >= 0.3 is 0 Å². The summed E-state index contributed by atoms with van der Waals surface area (Å²) in [5.74, 6) is 0. The molecule has 0 aromatic heterocycles. The predicted octanol–water partition coefficient (Wildman–Crippen LogP) is 4.48. The van der Waals surface area contributed by atoms with E-state index in [4.69, 9.17) is 0 Å². The van der Waals surface area contributed by atoms with Crippen molar-refractivity contribution in [2.24, 2.45) is 0 Å². The van der Waals surface area contributed by atoms with Gasteiger partial charge in [0.25, 0.3) is 0 Å². The van der Waals surface area contributed by atoms with Gasteiger partial charge < -0.3 is 5.32 Å². The first-order chi connectivity index (χ1) is 9.10. The van der Waals surface area contributed by atoms with Crippen molar-refractivity contribution in [2.75, 3.05) is 7.05 Å². The topological polar surface area (TPSA) is 12.0 Å². The van der Waals surface area contributed by atoms with E-state index in [0.717, 1.165) is 6.54 Å². The van der Waals surface area contributed by atoms with Gasteiger partial charge in [0, 0.05) is 16.3 Å². The summed E-state index contributed by atoms with van der Waals surface area (Å²) in [6.07, 6.45) is 0. The third-order valence-electron chi connectivity index (χ3n) is 3.25. The minimum Gasteiger partial charge on any atom is -0.316 e. The smallest absolute Gasteiger partial charge is 0.0205 e. The van der Waals surface area contributed by atoms with E-state index in [1.807, 2.05) is 18.8 Å². The molecular weight excluding hydrogens is 250 g/mol. The Bertz CT molecular complexity index is 575.